The smallest absolute Gasteiger partial charge is 0.417 e. The molecule has 178 valence electrons. The molecule has 2 aliphatic heterocycles. The van der Waals surface area contributed by atoms with E-state index in [1.165, 1.54) is 6.20 Å². The van der Waals surface area contributed by atoms with Crippen LogP contribution in [0.2, 0.25) is 0 Å². The first-order valence-corrected chi connectivity index (χ1v) is 11.8. The number of rotatable bonds is 3. The highest BCUT2D eigenvalue weighted by molar-refractivity contribution is 5.79. The monoisotopic (exact) mass is 476 g/mol. The average molecular weight is 476 g/mol. The molecule has 1 amide bonds. The molecule has 7 heteroatoms. The van der Waals surface area contributed by atoms with Gasteiger partial charge < -0.3 is 4.74 Å². The van der Waals surface area contributed by atoms with Crippen LogP contribution in [0.15, 0.2) is 73.1 Å². The summed E-state index contributed by atoms with van der Waals surface area (Å²) >= 11 is 0. The Balaban J connectivity index is 1.22. The van der Waals surface area contributed by atoms with Gasteiger partial charge in [0.15, 0.2) is 0 Å². The van der Waals surface area contributed by atoms with Crippen LogP contribution in [0.5, 0.6) is 0 Å². The molecule has 2 aromatic carbocycles. The van der Waals surface area contributed by atoms with Gasteiger partial charge in [-0.1, -0.05) is 54.6 Å². The number of carbonyl (C=O) groups is 1. The fourth-order valence-corrected chi connectivity index (χ4v) is 5.88. The summed E-state index contributed by atoms with van der Waals surface area (Å²) in [4.78, 5) is 18.8. The van der Waals surface area contributed by atoms with E-state index in [2.05, 4.69) is 29.2 Å². The molecular weight excluding hydrogens is 453 g/mol. The summed E-state index contributed by atoms with van der Waals surface area (Å²) in [5, 5.41) is 0. The van der Waals surface area contributed by atoms with Gasteiger partial charge in [-0.3, -0.25) is 9.88 Å². The number of fused-ring (bicyclic) bond motifs is 5. The molecule has 1 aromatic heterocycles. The van der Waals surface area contributed by atoms with Gasteiger partial charge in [-0.15, -0.1) is 0 Å². The van der Waals surface area contributed by atoms with E-state index in [4.69, 9.17) is 4.74 Å². The molecule has 0 N–H and O–H groups in total. The van der Waals surface area contributed by atoms with Crippen LogP contribution < -0.4 is 0 Å². The third kappa shape index (κ3) is 3.70. The van der Waals surface area contributed by atoms with Gasteiger partial charge in [-0.25, -0.2) is 4.79 Å². The standard InChI is InChI=1S/C28H23F3N2O2/c29-28(30,31)26-11-12-32-15-24(26)17-13-18-9-10-19(14-17)33(18)27(34)35-16-25-22-7-3-1-5-20(22)21-6-2-4-8-23(21)25/h1-8,11-13,15,18-19,25H,9-10,14,16H2. The molecule has 1 fully saturated rings. The van der Waals surface area contributed by atoms with Crippen LogP contribution >= 0.6 is 0 Å². The van der Waals surface area contributed by atoms with Crippen LogP contribution in [0.25, 0.3) is 16.7 Å². The van der Waals surface area contributed by atoms with E-state index >= 15 is 0 Å². The third-order valence-electron chi connectivity index (χ3n) is 7.41. The molecule has 6 rings (SSSR count). The second-order valence-corrected chi connectivity index (χ2v) is 9.32. The molecule has 4 nitrogen and oxygen atoms in total. The number of alkyl halides is 3. The van der Waals surface area contributed by atoms with E-state index < -0.39 is 17.8 Å². The van der Waals surface area contributed by atoms with Gasteiger partial charge in [0.05, 0.1) is 11.6 Å². The van der Waals surface area contributed by atoms with Gasteiger partial charge in [0.1, 0.15) is 6.61 Å². The van der Waals surface area contributed by atoms with E-state index in [0.29, 0.717) is 18.4 Å². The van der Waals surface area contributed by atoms with Crippen molar-refractivity contribution < 1.29 is 22.7 Å². The number of aromatic nitrogens is 1. The lowest BCUT2D eigenvalue weighted by molar-refractivity contribution is -0.137. The SMILES string of the molecule is O=C(OCC1c2ccccc2-c2ccccc21)N1C2C=C(c3cnccc3C(F)(F)F)CC1CC2. The van der Waals surface area contributed by atoms with Gasteiger partial charge in [-0.2, -0.15) is 13.2 Å². The topological polar surface area (TPSA) is 42.4 Å². The molecule has 2 bridgehead atoms. The van der Waals surface area contributed by atoms with E-state index in [1.807, 2.05) is 24.3 Å². The van der Waals surface area contributed by atoms with Crippen LogP contribution in [0.3, 0.4) is 0 Å². The zero-order valence-corrected chi connectivity index (χ0v) is 18.8. The zero-order valence-electron chi connectivity index (χ0n) is 18.8. The Morgan fingerprint density at radius 1 is 0.971 bits per heavy atom. The molecule has 2 unspecified atom stereocenters. The summed E-state index contributed by atoms with van der Waals surface area (Å²) in [6.07, 6.45) is 1.16. The summed E-state index contributed by atoms with van der Waals surface area (Å²) < 4.78 is 46.5. The van der Waals surface area contributed by atoms with Crippen molar-refractivity contribution in [2.75, 3.05) is 6.61 Å². The first-order chi connectivity index (χ1) is 16.9. The Morgan fingerprint density at radius 3 is 2.31 bits per heavy atom. The van der Waals surface area contributed by atoms with Gasteiger partial charge in [0, 0.05) is 29.9 Å². The van der Waals surface area contributed by atoms with Crippen molar-refractivity contribution in [2.24, 2.45) is 0 Å². The number of amides is 1. The highest BCUT2D eigenvalue weighted by Crippen LogP contribution is 2.45. The normalized spacial score (nSPS) is 20.9. The molecule has 0 spiro atoms. The fourth-order valence-electron chi connectivity index (χ4n) is 5.88. The molecule has 3 heterocycles. The minimum absolute atomic E-state index is 0.0374. The average Bonchev–Trinajstić information content (AvgIpc) is 3.32. The Kier molecular flexibility index (Phi) is 5.16. The Bertz CT molecular complexity index is 1290. The van der Waals surface area contributed by atoms with Crippen molar-refractivity contribution in [3.63, 3.8) is 0 Å². The Labute approximate surface area is 201 Å². The number of halogens is 3. The molecular formula is C28H23F3N2O2. The number of benzene rings is 2. The van der Waals surface area contributed by atoms with Crippen molar-refractivity contribution in [2.45, 2.75) is 43.4 Å². The highest BCUT2D eigenvalue weighted by atomic mass is 19.4. The van der Waals surface area contributed by atoms with Gasteiger partial charge in [0.2, 0.25) is 0 Å². The van der Waals surface area contributed by atoms with E-state index in [9.17, 15) is 18.0 Å². The predicted octanol–water partition coefficient (Wildman–Crippen LogP) is 6.67. The van der Waals surface area contributed by atoms with Crippen molar-refractivity contribution >= 4 is 11.7 Å². The number of hydrogen-bond acceptors (Lipinski definition) is 3. The van der Waals surface area contributed by atoms with Crippen molar-refractivity contribution in [3.8, 4) is 11.1 Å². The number of hydrogen-bond donors (Lipinski definition) is 0. The lowest BCUT2D eigenvalue weighted by Gasteiger charge is -2.34. The molecule has 3 aliphatic rings. The maximum absolute atomic E-state index is 13.5. The zero-order chi connectivity index (χ0) is 24.2. The summed E-state index contributed by atoms with van der Waals surface area (Å²) in [5.41, 5.74) is 4.61. The molecule has 0 radical (unpaired) electrons. The first kappa shape index (κ1) is 21.9. The molecule has 1 saturated heterocycles. The van der Waals surface area contributed by atoms with Gasteiger partial charge in [0.25, 0.3) is 0 Å². The van der Waals surface area contributed by atoms with Gasteiger partial charge in [-0.05, 0) is 53.2 Å². The van der Waals surface area contributed by atoms with Crippen molar-refractivity contribution in [3.05, 3.63) is 95.3 Å². The quantitative estimate of drug-likeness (QED) is 0.424. The van der Waals surface area contributed by atoms with Crippen LogP contribution in [-0.2, 0) is 10.9 Å². The Hall–Kier alpha value is -3.61. The summed E-state index contributed by atoms with van der Waals surface area (Å²) in [6, 6.07) is 16.8. The van der Waals surface area contributed by atoms with Crippen LogP contribution in [0.4, 0.5) is 18.0 Å². The second-order valence-electron chi connectivity index (χ2n) is 9.32. The Morgan fingerprint density at radius 2 is 1.66 bits per heavy atom. The minimum atomic E-state index is -4.46. The van der Waals surface area contributed by atoms with E-state index in [0.717, 1.165) is 40.9 Å². The summed E-state index contributed by atoms with van der Waals surface area (Å²) in [6.45, 7) is 0.222. The molecule has 0 saturated carbocycles. The van der Waals surface area contributed by atoms with Gasteiger partial charge >= 0.3 is 12.3 Å². The number of ether oxygens (including phenoxy) is 1. The van der Waals surface area contributed by atoms with Crippen LogP contribution in [0.1, 0.15) is 47.4 Å². The van der Waals surface area contributed by atoms with Crippen molar-refractivity contribution in [1.29, 1.82) is 0 Å². The molecule has 3 aromatic rings. The lowest BCUT2D eigenvalue weighted by atomic mass is 9.93. The molecule has 35 heavy (non-hydrogen) atoms. The van der Waals surface area contributed by atoms with E-state index in [1.54, 1.807) is 11.0 Å². The van der Waals surface area contributed by atoms with Crippen LogP contribution in [0, 0.1) is 0 Å². The second kappa shape index (κ2) is 8.26. The number of carbonyl (C=O) groups excluding carboxylic acids is 1. The van der Waals surface area contributed by atoms with Crippen molar-refractivity contribution in [1.82, 2.24) is 9.88 Å². The molecule has 2 atom stereocenters. The summed E-state index contributed by atoms with van der Waals surface area (Å²) in [5.74, 6) is -0.0374. The van der Waals surface area contributed by atoms with Crippen LogP contribution in [-0.4, -0.2) is 34.7 Å². The number of nitrogens with zero attached hydrogens (tertiary/aromatic N) is 2. The lowest BCUT2D eigenvalue weighted by Crippen LogP contribution is -2.43. The maximum Gasteiger partial charge on any atom is 0.417 e. The summed E-state index contributed by atoms with van der Waals surface area (Å²) in [7, 11) is 0. The first-order valence-electron chi connectivity index (χ1n) is 11.8. The largest absolute Gasteiger partial charge is 0.448 e. The predicted molar refractivity (Wildman–Crippen MR) is 126 cm³/mol. The number of pyridine rings is 1. The van der Waals surface area contributed by atoms with E-state index in [-0.39, 0.29) is 30.2 Å². The maximum atomic E-state index is 13.5. The minimum Gasteiger partial charge on any atom is -0.448 e. The highest BCUT2D eigenvalue weighted by Gasteiger charge is 2.43. The third-order valence-corrected chi connectivity index (χ3v) is 7.41. The molecule has 1 aliphatic carbocycles. The fraction of sp³-hybridized carbons (Fsp3) is 0.286.